The van der Waals surface area contributed by atoms with Crippen molar-refractivity contribution < 1.29 is 0 Å². The highest BCUT2D eigenvalue weighted by Gasteiger charge is 2.28. The first-order valence-electron chi connectivity index (χ1n) is 9.33. The molecule has 1 atom stereocenters. The van der Waals surface area contributed by atoms with Crippen molar-refractivity contribution >= 4 is 5.57 Å². The minimum absolute atomic E-state index is 0.494. The molecule has 0 fully saturated rings. The van der Waals surface area contributed by atoms with Gasteiger partial charge in [0.25, 0.3) is 0 Å². The molecule has 1 aliphatic rings. The average molecular weight is 319 g/mol. The highest BCUT2D eigenvalue weighted by atomic mass is 14.5. The van der Waals surface area contributed by atoms with E-state index in [4.69, 9.17) is 5.73 Å². The van der Waals surface area contributed by atoms with Crippen LogP contribution in [0.25, 0.3) is 5.57 Å². The number of hydrogen-bond acceptors (Lipinski definition) is 1. The summed E-state index contributed by atoms with van der Waals surface area (Å²) in [4.78, 5) is 0. The summed E-state index contributed by atoms with van der Waals surface area (Å²) < 4.78 is 0. The first-order valence-corrected chi connectivity index (χ1v) is 9.33. The van der Waals surface area contributed by atoms with Crippen molar-refractivity contribution in [2.45, 2.75) is 39.5 Å². The second kappa shape index (κ2) is 7.81. The molecule has 0 aromatic heterocycles. The van der Waals surface area contributed by atoms with Gasteiger partial charge in [-0.05, 0) is 66.3 Å². The van der Waals surface area contributed by atoms with Crippen molar-refractivity contribution in [2.24, 2.45) is 17.6 Å². The van der Waals surface area contributed by atoms with Crippen molar-refractivity contribution in [3.8, 4) is 0 Å². The molecular formula is C23H29N. The van der Waals surface area contributed by atoms with E-state index in [-0.39, 0.29) is 0 Å². The smallest absolute Gasteiger partial charge is 0.00114 e. The van der Waals surface area contributed by atoms with Crippen LogP contribution in [0.1, 0.15) is 43.4 Å². The van der Waals surface area contributed by atoms with Gasteiger partial charge in [0.1, 0.15) is 0 Å². The normalized spacial score (nSPS) is 16.6. The second-order valence-electron chi connectivity index (χ2n) is 6.87. The molecule has 3 rings (SSSR count). The Kier molecular flexibility index (Phi) is 5.52. The molecule has 0 saturated carbocycles. The Morgan fingerprint density at radius 1 is 0.958 bits per heavy atom. The maximum absolute atomic E-state index is 6.12. The maximum Gasteiger partial charge on any atom is -0.00114 e. The van der Waals surface area contributed by atoms with Crippen LogP contribution in [0.2, 0.25) is 0 Å². The zero-order valence-corrected chi connectivity index (χ0v) is 15.0. The molecule has 126 valence electrons. The van der Waals surface area contributed by atoms with E-state index in [0.717, 1.165) is 32.2 Å². The largest absolute Gasteiger partial charge is 0.330 e. The van der Waals surface area contributed by atoms with Crippen LogP contribution < -0.4 is 5.73 Å². The summed E-state index contributed by atoms with van der Waals surface area (Å²) in [6, 6.07) is 19.9. The molecular weight excluding hydrogens is 290 g/mol. The number of allylic oxidation sites excluding steroid dienone is 1. The van der Waals surface area contributed by atoms with Gasteiger partial charge in [-0.15, -0.1) is 0 Å². The van der Waals surface area contributed by atoms with Gasteiger partial charge in [-0.3, -0.25) is 0 Å². The first-order chi connectivity index (χ1) is 11.8. The predicted molar refractivity (Wildman–Crippen MR) is 104 cm³/mol. The van der Waals surface area contributed by atoms with Crippen LogP contribution in [-0.2, 0) is 12.8 Å². The van der Waals surface area contributed by atoms with Crippen molar-refractivity contribution in [2.75, 3.05) is 6.54 Å². The topological polar surface area (TPSA) is 26.0 Å². The molecule has 0 aliphatic heterocycles. The SMILES string of the molecule is CCC(=C(c1ccccc1)C1Cc2ccccc2C1)C(CC)CN. The molecule has 0 amide bonds. The summed E-state index contributed by atoms with van der Waals surface area (Å²) >= 11 is 0. The summed E-state index contributed by atoms with van der Waals surface area (Å²) in [5, 5.41) is 0. The molecule has 0 heterocycles. The molecule has 0 radical (unpaired) electrons. The van der Waals surface area contributed by atoms with E-state index < -0.39 is 0 Å². The Morgan fingerprint density at radius 2 is 1.54 bits per heavy atom. The first kappa shape index (κ1) is 17.0. The fourth-order valence-corrected chi connectivity index (χ4v) is 4.32. The van der Waals surface area contributed by atoms with E-state index in [1.54, 1.807) is 11.1 Å². The molecule has 2 N–H and O–H groups in total. The summed E-state index contributed by atoms with van der Waals surface area (Å²) in [5.41, 5.74) is 13.7. The molecule has 1 heteroatoms. The van der Waals surface area contributed by atoms with E-state index in [1.807, 2.05) is 0 Å². The Morgan fingerprint density at radius 3 is 2.04 bits per heavy atom. The number of benzene rings is 2. The molecule has 2 aromatic rings. The standard InChI is InChI=1S/C23H29N/c1-3-17(16-24)22(4-2)23(18-10-6-5-7-11-18)21-14-19-12-8-9-13-20(19)15-21/h5-13,17,21H,3-4,14-16,24H2,1-2H3. The Bertz CT molecular complexity index is 670. The Labute approximate surface area is 146 Å². The third-order valence-electron chi connectivity index (χ3n) is 5.54. The van der Waals surface area contributed by atoms with Gasteiger partial charge in [0.05, 0.1) is 0 Å². The highest BCUT2D eigenvalue weighted by molar-refractivity contribution is 5.72. The summed E-state index contributed by atoms with van der Waals surface area (Å²) in [5.74, 6) is 1.08. The van der Waals surface area contributed by atoms with Crippen LogP contribution in [0.15, 0.2) is 60.2 Å². The highest BCUT2D eigenvalue weighted by Crippen LogP contribution is 2.40. The lowest BCUT2D eigenvalue weighted by atomic mass is 9.80. The minimum atomic E-state index is 0.494. The van der Waals surface area contributed by atoms with Gasteiger partial charge in [-0.1, -0.05) is 74.0 Å². The van der Waals surface area contributed by atoms with E-state index in [2.05, 4.69) is 68.4 Å². The lowest BCUT2D eigenvalue weighted by Gasteiger charge is -2.25. The zero-order chi connectivity index (χ0) is 16.9. The van der Waals surface area contributed by atoms with Crippen molar-refractivity contribution in [1.82, 2.24) is 0 Å². The number of nitrogens with two attached hydrogens (primary N) is 1. The Hall–Kier alpha value is -1.86. The number of hydrogen-bond donors (Lipinski definition) is 1. The molecule has 1 aliphatic carbocycles. The van der Waals surface area contributed by atoms with Crippen LogP contribution in [0.4, 0.5) is 0 Å². The summed E-state index contributed by atoms with van der Waals surface area (Å²) in [7, 11) is 0. The van der Waals surface area contributed by atoms with Crippen LogP contribution in [0, 0.1) is 11.8 Å². The van der Waals surface area contributed by atoms with Crippen LogP contribution in [0.5, 0.6) is 0 Å². The molecule has 0 saturated heterocycles. The summed E-state index contributed by atoms with van der Waals surface area (Å²) in [6.45, 7) is 5.30. The van der Waals surface area contributed by atoms with Crippen LogP contribution >= 0.6 is 0 Å². The molecule has 24 heavy (non-hydrogen) atoms. The molecule has 0 bridgehead atoms. The van der Waals surface area contributed by atoms with Crippen molar-refractivity contribution in [3.63, 3.8) is 0 Å². The number of rotatable bonds is 6. The van der Waals surface area contributed by atoms with Gasteiger partial charge >= 0.3 is 0 Å². The monoisotopic (exact) mass is 319 g/mol. The molecule has 0 spiro atoms. The third kappa shape index (κ3) is 3.32. The van der Waals surface area contributed by atoms with Gasteiger partial charge in [0.15, 0.2) is 0 Å². The van der Waals surface area contributed by atoms with Crippen LogP contribution in [0.3, 0.4) is 0 Å². The van der Waals surface area contributed by atoms with E-state index in [9.17, 15) is 0 Å². The van der Waals surface area contributed by atoms with Gasteiger partial charge in [-0.2, -0.15) is 0 Å². The molecule has 1 unspecified atom stereocenters. The van der Waals surface area contributed by atoms with Crippen molar-refractivity contribution in [3.05, 3.63) is 76.9 Å². The van der Waals surface area contributed by atoms with Crippen molar-refractivity contribution in [1.29, 1.82) is 0 Å². The van der Waals surface area contributed by atoms with E-state index >= 15 is 0 Å². The average Bonchev–Trinajstić information content (AvgIpc) is 3.06. The fourth-order valence-electron chi connectivity index (χ4n) is 4.32. The lowest BCUT2D eigenvalue weighted by molar-refractivity contribution is 0.577. The maximum atomic E-state index is 6.12. The quantitative estimate of drug-likeness (QED) is 0.773. The van der Waals surface area contributed by atoms with E-state index in [1.165, 1.54) is 16.7 Å². The van der Waals surface area contributed by atoms with Gasteiger partial charge in [-0.25, -0.2) is 0 Å². The van der Waals surface area contributed by atoms with E-state index in [0.29, 0.717) is 11.8 Å². The number of fused-ring (bicyclic) bond motifs is 1. The minimum Gasteiger partial charge on any atom is -0.330 e. The van der Waals surface area contributed by atoms with Crippen LogP contribution in [-0.4, -0.2) is 6.54 Å². The summed E-state index contributed by atoms with van der Waals surface area (Å²) in [6.07, 6.45) is 4.53. The Balaban J connectivity index is 2.07. The molecule has 2 aromatic carbocycles. The predicted octanol–water partition coefficient (Wildman–Crippen LogP) is 5.25. The third-order valence-corrected chi connectivity index (χ3v) is 5.54. The van der Waals surface area contributed by atoms with Gasteiger partial charge in [0, 0.05) is 0 Å². The van der Waals surface area contributed by atoms with Gasteiger partial charge < -0.3 is 5.73 Å². The second-order valence-corrected chi connectivity index (χ2v) is 6.87. The lowest BCUT2D eigenvalue weighted by Crippen LogP contribution is -2.19. The zero-order valence-electron chi connectivity index (χ0n) is 15.0. The molecule has 1 nitrogen and oxygen atoms in total. The van der Waals surface area contributed by atoms with Gasteiger partial charge in [0.2, 0.25) is 0 Å². The fraction of sp³-hybridized carbons (Fsp3) is 0.391.